The molecule has 7 heteroatoms. The summed E-state index contributed by atoms with van der Waals surface area (Å²) in [4.78, 5) is 0.0868. The minimum atomic E-state index is -3.77. The van der Waals surface area contributed by atoms with Crippen LogP contribution in [0.4, 0.5) is 11.4 Å². The van der Waals surface area contributed by atoms with Crippen molar-refractivity contribution in [1.29, 1.82) is 0 Å². The lowest BCUT2D eigenvalue weighted by molar-refractivity contribution is 0.600. The molecule has 2 aromatic carbocycles. The van der Waals surface area contributed by atoms with Gasteiger partial charge in [0.05, 0.1) is 21.3 Å². The fraction of sp³-hybridized carbons (Fsp3) is 0.143. The van der Waals surface area contributed by atoms with E-state index in [0.29, 0.717) is 26.9 Å². The van der Waals surface area contributed by atoms with Crippen LogP contribution in [0, 0.1) is 13.8 Å². The average molecular weight is 345 g/mol. The van der Waals surface area contributed by atoms with Gasteiger partial charge in [-0.05, 0) is 49.2 Å². The number of halogens is 2. The van der Waals surface area contributed by atoms with Gasteiger partial charge in [0.25, 0.3) is 10.0 Å². The monoisotopic (exact) mass is 344 g/mol. The molecule has 0 bridgehead atoms. The van der Waals surface area contributed by atoms with E-state index in [1.807, 2.05) is 0 Å². The Kier molecular flexibility index (Phi) is 4.37. The summed E-state index contributed by atoms with van der Waals surface area (Å²) in [6.45, 7) is 3.40. The van der Waals surface area contributed by atoms with Gasteiger partial charge in [-0.25, -0.2) is 8.42 Å². The number of anilines is 2. The summed E-state index contributed by atoms with van der Waals surface area (Å²) in [5.74, 6) is 0. The lowest BCUT2D eigenvalue weighted by Crippen LogP contribution is -2.15. The van der Waals surface area contributed by atoms with Crippen molar-refractivity contribution in [3.63, 3.8) is 0 Å². The maximum atomic E-state index is 12.5. The zero-order chi connectivity index (χ0) is 15.8. The lowest BCUT2D eigenvalue weighted by atomic mass is 10.2. The summed E-state index contributed by atoms with van der Waals surface area (Å²) < 4.78 is 27.5. The minimum absolute atomic E-state index is 0.0868. The van der Waals surface area contributed by atoms with Gasteiger partial charge in [-0.15, -0.1) is 0 Å². The van der Waals surface area contributed by atoms with Crippen molar-refractivity contribution in [3.8, 4) is 0 Å². The molecule has 0 fully saturated rings. The molecule has 3 N–H and O–H groups in total. The Labute approximate surface area is 133 Å². The molecule has 0 aliphatic rings. The van der Waals surface area contributed by atoms with Crippen LogP contribution in [0.1, 0.15) is 11.1 Å². The molecule has 0 aliphatic carbocycles. The number of nitrogens with one attached hydrogen (secondary N) is 1. The van der Waals surface area contributed by atoms with Gasteiger partial charge in [-0.3, -0.25) is 4.72 Å². The van der Waals surface area contributed by atoms with E-state index in [-0.39, 0.29) is 10.6 Å². The maximum Gasteiger partial charge on any atom is 0.262 e. The number of rotatable bonds is 3. The second kappa shape index (κ2) is 5.75. The van der Waals surface area contributed by atoms with Crippen LogP contribution >= 0.6 is 23.2 Å². The minimum Gasteiger partial charge on any atom is -0.397 e. The van der Waals surface area contributed by atoms with Crippen molar-refractivity contribution in [3.05, 3.63) is 51.5 Å². The van der Waals surface area contributed by atoms with Gasteiger partial charge >= 0.3 is 0 Å². The highest BCUT2D eigenvalue weighted by atomic mass is 35.5. The number of benzene rings is 2. The molecule has 2 rings (SSSR count). The number of nitrogens with two attached hydrogens (primary N) is 1. The van der Waals surface area contributed by atoms with E-state index < -0.39 is 10.0 Å². The third-order valence-electron chi connectivity index (χ3n) is 3.10. The van der Waals surface area contributed by atoms with E-state index in [0.717, 1.165) is 0 Å². The third-order valence-corrected chi connectivity index (χ3v) is 5.34. The van der Waals surface area contributed by atoms with E-state index >= 15 is 0 Å². The second-order valence-corrected chi connectivity index (χ2v) is 7.12. The molecular formula is C14H14Cl2N2O2S. The fourth-order valence-electron chi connectivity index (χ4n) is 1.88. The Bertz CT molecular complexity index is 805. The topological polar surface area (TPSA) is 72.2 Å². The second-order valence-electron chi connectivity index (χ2n) is 4.66. The van der Waals surface area contributed by atoms with E-state index in [4.69, 9.17) is 28.9 Å². The Balaban J connectivity index is 2.48. The number of hydrogen-bond acceptors (Lipinski definition) is 3. The molecule has 2 aromatic rings. The van der Waals surface area contributed by atoms with Crippen LogP contribution in [0.25, 0.3) is 0 Å². The van der Waals surface area contributed by atoms with Crippen LogP contribution in [-0.4, -0.2) is 8.42 Å². The van der Waals surface area contributed by atoms with Gasteiger partial charge in [-0.2, -0.15) is 0 Å². The van der Waals surface area contributed by atoms with Gasteiger partial charge in [0, 0.05) is 5.02 Å². The Morgan fingerprint density at radius 1 is 1.10 bits per heavy atom. The first-order valence-electron chi connectivity index (χ1n) is 6.06. The van der Waals surface area contributed by atoms with Crippen LogP contribution in [0.2, 0.25) is 10.0 Å². The van der Waals surface area contributed by atoms with Gasteiger partial charge in [0.15, 0.2) is 0 Å². The van der Waals surface area contributed by atoms with Crippen molar-refractivity contribution in [2.75, 3.05) is 10.5 Å². The number of hydrogen-bond donors (Lipinski definition) is 2. The quantitative estimate of drug-likeness (QED) is 0.826. The molecule has 0 aromatic heterocycles. The summed E-state index contributed by atoms with van der Waals surface area (Å²) in [5.41, 5.74) is 7.50. The van der Waals surface area contributed by atoms with Crippen molar-refractivity contribution >= 4 is 44.6 Å². The van der Waals surface area contributed by atoms with Crippen LogP contribution in [0.3, 0.4) is 0 Å². The Morgan fingerprint density at radius 2 is 1.76 bits per heavy atom. The molecule has 0 unspecified atom stereocenters. The Hall–Kier alpha value is -1.43. The summed E-state index contributed by atoms with van der Waals surface area (Å²) in [6.07, 6.45) is 0. The standard InChI is InChI=1S/C14H14Cl2N2O2S/c1-8-6-11(16)12(17)7-14(8)21(19,20)18-13-5-3-4-10(15)9(13)2/h3-7,18H,17H2,1-2H3. The first-order chi connectivity index (χ1) is 9.72. The maximum absolute atomic E-state index is 12.5. The first-order valence-corrected chi connectivity index (χ1v) is 8.30. The molecule has 0 radical (unpaired) electrons. The van der Waals surface area contributed by atoms with Crippen LogP contribution in [0.5, 0.6) is 0 Å². The van der Waals surface area contributed by atoms with Crippen molar-refractivity contribution < 1.29 is 8.42 Å². The summed E-state index contributed by atoms with van der Waals surface area (Å²) in [7, 11) is -3.77. The summed E-state index contributed by atoms with van der Waals surface area (Å²) in [5, 5.41) is 0.813. The predicted octanol–water partition coefficient (Wildman–Crippen LogP) is 3.99. The smallest absolute Gasteiger partial charge is 0.262 e. The zero-order valence-corrected chi connectivity index (χ0v) is 13.8. The summed E-state index contributed by atoms with van der Waals surface area (Å²) in [6, 6.07) is 7.89. The average Bonchev–Trinajstić information content (AvgIpc) is 2.39. The molecule has 0 spiro atoms. The highest BCUT2D eigenvalue weighted by Crippen LogP contribution is 2.29. The highest BCUT2D eigenvalue weighted by molar-refractivity contribution is 7.92. The van der Waals surface area contributed by atoms with Crippen molar-refractivity contribution in [2.24, 2.45) is 0 Å². The fourth-order valence-corrected chi connectivity index (χ4v) is 3.65. The van der Waals surface area contributed by atoms with Crippen molar-refractivity contribution in [2.45, 2.75) is 18.7 Å². The van der Waals surface area contributed by atoms with Gasteiger partial charge in [-0.1, -0.05) is 29.3 Å². The largest absolute Gasteiger partial charge is 0.397 e. The summed E-state index contributed by atoms with van der Waals surface area (Å²) >= 11 is 11.9. The molecule has 4 nitrogen and oxygen atoms in total. The van der Waals surface area contributed by atoms with Crippen LogP contribution in [-0.2, 0) is 10.0 Å². The van der Waals surface area contributed by atoms with Crippen molar-refractivity contribution in [1.82, 2.24) is 0 Å². The first kappa shape index (κ1) is 15.9. The normalized spacial score (nSPS) is 11.4. The number of nitrogen functional groups attached to an aromatic ring is 1. The van der Waals surface area contributed by atoms with Gasteiger partial charge < -0.3 is 5.73 Å². The van der Waals surface area contributed by atoms with E-state index in [1.165, 1.54) is 12.1 Å². The molecule has 21 heavy (non-hydrogen) atoms. The molecule has 0 amide bonds. The number of sulfonamides is 1. The van der Waals surface area contributed by atoms with E-state index in [9.17, 15) is 8.42 Å². The third kappa shape index (κ3) is 3.26. The number of aryl methyl sites for hydroxylation is 1. The lowest BCUT2D eigenvalue weighted by Gasteiger charge is -2.14. The predicted molar refractivity (Wildman–Crippen MR) is 87.6 cm³/mol. The van der Waals surface area contributed by atoms with E-state index in [2.05, 4.69) is 4.72 Å². The molecular weight excluding hydrogens is 331 g/mol. The molecule has 0 atom stereocenters. The molecule has 0 saturated carbocycles. The molecule has 0 heterocycles. The van der Waals surface area contributed by atoms with E-state index in [1.54, 1.807) is 32.0 Å². The van der Waals surface area contributed by atoms with Crippen LogP contribution < -0.4 is 10.5 Å². The Morgan fingerprint density at radius 3 is 2.43 bits per heavy atom. The SMILES string of the molecule is Cc1cc(Cl)c(N)cc1S(=O)(=O)Nc1cccc(Cl)c1C. The zero-order valence-electron chi connectivity index (χ0n) is 11.4. The molecule has 112 valence electrons. The van der Waals surface area contributed by atoms with Gasteiger partial charge in [0.2, 0.25) is 0 Å². The highest BCUT2D eigenvalue weighted by Gasteiger charge is 2.19. The van der Waals surface area contributed by atoms with Gasteiger partial charge in [0.1, 0.15) is 0 Å². The molecule has 0 saturated heterocycles. The van der Waals surface area contributed by atoms with Crippen LogP contribution in [0.15, 0.2) is 35.2 Å². The molecule has 0 aliphatic heterocycles.